The zero-order chi connectivity index (χ0) is 15.9. The topological polar surface area (TPSA) is 84.1 Å². The molecule has 118 valence electrons. The van der Waals surface area contributed by atoms with Crippen LogP contribution in [0.1, 0.15) is 12.8 Å². The molecule has 1 fully saturated rings. The number of carboxylic acids is 1. The summed E-state index contributed by atoms with van der Waals surface area (Å²) in [6.45, 7) is 1.24. The fourth-order valence-corrected chi connectivity index (χ4v) is 3.91. The van der Waals surface area contributed by atoms with E-state index in [4.69, 9.17) is 0 Å². The molecule has 0 bridgehead atoms. The molecule has 23 heavy (non-hydrogen) atoms. The molecule has 1 N–H and O–H groups in total. The summed E-state index contributed by atoms with van der Waals surface area (Å²) in [5.41, 5.74) is -0.971. The summed E-state index contributed by atoms with van der Waals surface area (Å²) in [4.78, 5) is 23.7. The van der Waals surface area contributed by atoms with Crippen molar-refractivity contribution >= 4 is 33.3 Å². The maximum atomic E-state index is 11.9. The van der Waals surface area contributed by atoms with Gasteiger partial charge in [0.15, 0.2) is 5.54 Å². The van der Waals surface area contributed by atoms with E-state index in [2.05, 4.69) is 20.0 Å². The molecule has 3 aromatic heterocycles. The van der Waals surface area contributed by atoms with E-state index in [1.54, 1.807) is 40.8 Å². The Morgan fingerprint density at radius 2 is 2.13 bits per heavy atom. The molecule has 1 saturated heterocycles. The van der Waals surface area contributed by atoms with Gasteiger partial charge in [-0.05, 0) is 17.5 Å². The van der Waals surface area contributed by atoms with E-state index in [1.807, 2.05) is 11.4 Å². The van der Waals surface area contributed by atoms with Crippen LogP contribution >= 0.6 is 11.3 Å². The van der Waals surface area contributed by atoms with Crippen LogP contribution in [0.4, 0.5) is 5.82 Å². The van der Waals surface area contributed by atoms with Crippen LogP contribution in [-0.4, -0.2) is 43.9 Å². The quantitative estimate of drug-likeness (QED) is 0.791. The second kappa shape index (κ2) is 5.31. The van der Waals surface area contributed by atoms with E-state index in [9.17, 15) is 9.90 Å². The maximum absolute atomic E-state index is 11.9. The van der Waals surface area contributed by atoms with Crippen LogP contribution in [0.25, 0.3) is 10.2 Å². The van der Waals surface area contributed by atoms with Crippen LogP contribution in [-0.2, 0) is 10.3 Å². The minimum absolute atomic E-state index is 0.486. The van der Waals surface area contributed by atoms with Crippen molar-refractivity contribution in [1.29, 1.82) is 0 Å². The van der Waals surface area contributed by atoms with Gasteiger partial charge in [0.1, 0.15) is 17.0 Å². The molecular formula is C15H15N5O2S. The lowest BCUT2D eigenvalue weighted by Crippen LogP contribution is -2.51. The Kier molecular flexibility index (Phi) is 3.26. The predicted molar refractivity (Wildman–Crippen MR) is 86.7 cm³/mol. The van der Waals surface area contributed by atoms with Crippen molar-refractivity contribution in [3.8, 4) is 0 Å². The summed E-state index contributed by atoms with van der Waals surface area (Å²) in [5, 5.41) is 16.9. The van der Waals surface area contributed by atoms with Crippen LogP contribution in [0.3, 0.4) is 0 Å². The lowest BCUT2D eigenvalue weighted by atomic mass is 9.87. The highest BCUT2D eigenvalue weighted by atomic mass is 32.1. The lowest BCUT2D eigenvalue weighted by Gasteiger charge is -2.39. The molecule has 0 aromatic carbocycles. The molecule has 3 aromatic rings. The molecule has 1 aliphatic rings. The number of thiophene rings is 1. The van der Waals surface area contributed by atoms with Gasteiger partial charge in [0.2, 0.25) is 0 Å². The Hall–Kier alpha value is -2.48. The van der Waals surface area contributed by atoms with Crippen LogP contribution in [0.5, 0.6) is 0 Å². The van der Waals surface area contributed by atoms with Gasteiger partial charge in [-0.25, -0.2) is 14.8 Å². The molecule has 0 aliphatic carbocycles. The monoisotopic (exact) mass is 329 g/mol. The standard InChI is InChI=1S/C15H15N5O2S/c21-14(22)15(20-6-1-5-18-20)3-7-19(8-4-15)12-11-2-9-23-13(11)17-10-16-12/h1-2,5-6,9-10H,3-4,7-8H2,(H,21,22). The molecule has 0 saturated carbocycles. The first kappa shape index (κ1) is 14.1. The Morgan fingerprint density at radius 1 is 1.30 bits per heavy atom. The Labute approximate surface area is 136 Å². The van der Waals surface area contributed by atoms with Crippen molar-refractivity contribution in [2.45, 2.75) is 18.4 Å². The fraction of sp³-hybridized carbons (Fsp3) is 0.333. The SMILES string of the molecule is O=C(O)C1(n2cccn2)CCN(c2ncnc3sccc23)CC1. The number of aliphatic carboxylic acids is 1. The number of rotatable bonds is 3. The highest BCUT2D eigenvalue weighted by Crippen LogP contribution is 2.34. The number of anilines is 1. The summed E-state index contributed by atoms with van der Waals surface area (Å²) < 4.78 is 1.58. The van der Waals surface area contributed by atoms with E-state index in [0.29, 0.717) is 25.9 Å². The van der Waals surface area contributed by atoms with E-state index in [1.165, 1.54) is 0 Å². The van der Waals surface area contributed by atoms with Crippen LogP contribution < -0.4 is 4.90 Å². The fourth-order valence-electron chi connectivity index (χ4n) is 3.18. The molecule has 4 heterocycles. The molecule has 0 atom stereocenters. The van der Waals surface area contributed by atoms with Gasteiger partial charge in [-0.2, -0.15) is 5.10 Å². The molecule has 0 radical (unpaired) electrons. The molecule has 0 unspecified atom stereocenters. The Morgan fingerprint density at radius 3 is 2.83 bits per heavy atom. The number of fused-ring (bicyclic) bond motifs is 1. The number of hydrogen-bond donors (Lipinski definition) is 1. The number of nitrogens with zero attached hydrogens (tertiary/aromatic N) is 5. The second-order valence-electron chi connectivity index (χ2n) is 5.61. The lowest BCUT2D eigenvalue weighted by molar-refractivity contribution is -0.149. The minimum Gasteiger partial charge on any atom is -0.479 e. The zero-order valence-corrected chi connectivity index (χ0v) is 13.1. The Bertz CT molecular complexity index is 837. The second-order valence-corrected chi connectivity index (χ2v) is 6.51. The third-order valence-corrected chi connectivity index (χ3v) is 5.29. The van der Waals surface area contributed by atoms with Gasteiger partial charge in [0.05, 0.1) is 5.39 Å². The first-order valence-corrected chi connectivity index (χ1v) is 8.25. The van der Waals surface area contributed by atoms with E-state index >= 15 is 0 Å². The number of carbonyl (C=O) groups is 1. The third-order valence-electron chi connectivity index (χ3n) is 4.47. The van der Waals surface area contributed by atoms with Crippen LogP contribution in [0, 0.1) is 0 Å². The first-order chi connectivity index (χ1) is 11.2. The number of carboxylic acid groups (broad SMARTS) is 1. The Balaban J connectivity index is 1.64. The average molecular weight is 329 g/mol. The van der Waals surface area contributed by atoms with Crippen molar-refractivity contribution in [2.24, 2.45) is 0 Å². The van der Waals surface area contributed by atoms with Gasteiger partial charge in [0.25, 0.3) is 0 Å². The molecule has 0 spiro atoms. The summed E-state index contributed by atoms with van der Waals surface area (Å²) in [6.07, 6.45) is 5.89. The predicted octanol–water partition coefficient (Wildman–Crippen LogP) is 1.97. The maximum Gasteiger partial charge on any atom is 0.331 e. The van der Waals surface area contributed by atoms with Gasteiger partial charge in [-0.3, -0.25) is 4.68 Å². The van der Waals surface area contributed by atoms with Crippen molar-refractivity contribution in [1.82, 2.24) is 19.7 Å². The van der Waals surface area contributed by atoms with Gasteiger partial charge in [-0.15, -0.1) is 11.3 Å². The molecule has 0 amide bonds. The smallest absolute Gasteiger partial charge is 0.331 e. The van der Waals surface area contributed by atoms with Gasteiger partial charge < -0.3 is 10.0 Å². The summed E-state index contributed by atoms with van der Waals surface area (Å²) >= 11 is 1.58. The molecule has 4 rings (SSSR count). The first-order valence-electron chi connectivity index (χ1n) is 7.37. The highest BCUT2D eigenvalue weighted by molar-refractivity contribution is 7.16. The van der Waals surface area contributed by atoms with Crippen molar-refractivity contribution in [3.05, 3.63) is 36.2 Å². The van der Waals surface area contributed by atoms with E-state index in [-0.39, 0.29) is 0 Å². The number of hydrogen-bond acceptors (Lipinski definition) is 6. The normalized spacial score (nSPS) is 17.5. The van der Waals surface area contributed by atoms with E-state index in [0.717, 1.165) is 16.0 Å². The van der Waals surface area contributed by atoms with Crippen molar-refractivity contribution < 1.29 is 9.90 Å². The number of aromatic nitrogens is 4. The molecule has 8 heteroatoms. The average Bonchev–Trinajstić information content (AvgIpc) is 3.26. The minimum atomic E-state index is -0.971. The van der Waals surface area contributed by atoms with E-state index < -0.39 is 11.5 Å². The van der Waals surface area contributed by atoms with Gasteiger partial charge >= 0.3 is 5.97 Å². The largest absolute Gasteiger partial charge is 0.479 e. The van der Waals surface area contributed by atoms with Crippen molar-refractivity contribution in [2.75, 3.05) is 18.0 Å². The van der Waals surface area contributed by atoms with Gasteiger partial charge in [-0.1, -0.05) is 0 Å². The van der Waals surface area contributed by atoms with Gasteiger partial charge in [0, 0.05) is 38.3 Å². The summed E-state index contributed by atoms with van der Waals surface area (Å²) in [6, 6.07) is 3.78. The van der Waals surface area contributed by atoms with Crippen molar-refractivity contribution in [3.63, 3.8) is 0 Å². The molecular weight excluding hydrogens is 314 g/mol. The molecule has 1 aliphatic heterocycles. The highest BCUT2D eigenvalue weighted by Gasteiger charge is 2.44. The van der Waals surface area contributed by atoms with Crippen LogP contribution in [0.15, 0.2) is 36.2 Å². The zero-order valence-electron chi connectivity index (χ0n) is 12.3. The number of piperidine rings is 1. The summed E-state index contributed by atoms with van der Waals surface area (Å²) in [7, 11) is 0. The van der Waals surface area contributed by atoms with Crippen LogP contribution in [0.2, 0.25) is 0 Å². The molecule has 7 nitrogen and oxygen atoms in total. The summed E-state index contributed by atoms with van der Waals surface area (Å²) in [5.74, 6) is 0.0555. The third kappa shape index (κ3) is 2.17.